The van der Waals surface area contributed by atoms with Crippen molar-refractivity contribution in [2.75, 3.05) is 29.9 Å². The zero-order valence-electron chi connectivity index (χ0n) is 18.6. The Bertz CT molecular complexity index is 966. The Kier molecular flexibility index (Phi) is 6.16. The van der Waals surface area contributed by atoms with Crippen LogP contribution in [-0.4, -0.2) is 42.6 Å². The van der Waals surface area contributed by atoms with Gasteiger partial charge in [-0.15, -0.1) is 0 Å². The standard InChI is InChI=1S/C25H31N3O3/c1-4-20-16-28(22-7-5-6-8-23(22)31-20)25(30)27-13-11-19(12-14-27)24(29)26-21-15-17(2)9-10-18(21)3/h5-10,15,19-20H,4,11-14,16H2,1-3H3,(H,26,29)/t20-/m0/s1. The molecule has 1 atom stereocenters. The summed E-state index contributed by atoms with van der Waals surface area (Å²) in [5, 5.41) is 3.09. The minimum atomic E-state index is -0.0793. The molecule has 0 spiro atoms. The molecular formula is C25H31N3O3. The zero-order valence-corrected chi connectivity index (χ0v) is 18.6. The van der Waals surface area contributed by atoms with Crippen LogP contribution in [-0.2, 0) is 4.79 Å². The molecule has 0 saturated carbocycles. The van der Waals surface area contributed by atoms with E-state index in [9.17, 15) is 9.59 Å². The van der Waals surface area contributed by atoms with Crippen molar-refractivity contribution in [1.29, 1.82) is 0 Å². The van der Waals surface area contributed by atoms with Gasteiger partial charge in [0.2, 0.25) is 5.91 Å². The predicted molar refractivity (Wildman–Crippen MR) is 123 cm³/mol. The van der Waals surface area contributed by atoms with E-state index in [2.05, 4.69) is 12.2 Å². The second-order valence-electron chi connectivity index (χ2n) is 8.58. The lowest BCUT2D eigenvalue weighted by Crippen LogP contribution is -2.52. The molecule has 0 radical (unpaired) electrons. The van der Waals surface area contributed by atoms with E-state index in [1.54, 1.807) is 0 Å². The number of rotatable bonds is 3. The number of likely N-dealkylation sites (tertiary alicyclic amines) is 1. The second-order valence-corrected chi connectivity index (χ2v) is 8.58. The Balaban J connectivity index is 1.39. The molecule has 0 bridgehead atoms. The van der Waals surface area contributed by atoms with Crippen LogP contribution < -0.4 is 15.0 Å². The number of ether oxygens (including phenoxy) is 1. The van der Waals surface area contributed by atoms with Crippen LogP contribution >= 0.6 is 0 Å². The van der Waals surface area contributed by atoms with Crippen molar-refractivity contribution in [3.05, 3.63) is 53.6 Å². The number of piperidine rings is 1. The van der Waals surface area contributed by atoms with E-state index in [1.807, 2.05) is 66.1 Å². The number of carbonyl (C=O) groups is 2. The minimum Gasteiger partial charge on any atom is -0.486 e. The van der Waals surface area contributed by atoms with Crippen LogP contribution in [0.1, 0.15) is 37.3 Å². The molecule has 0 unspecified atom stereocenters. The van der Waals surface area contributed by atoms with E-state index >= 15 is 0 Å². The molecule has 1 N–H and O–H groups in total. The quantitative estimate of drug-likeness (QED) is 0.778. The molecule has 0 aromatic heterocycles. The van der Waals surface area contributed by atoms with Gasteiger partial charge in [0.25, 0.3) is 0 Å². The second kappa shape index (κ2) is 9.00. The van der Waals surface area contributed by atoms with Crippen molar-refractivity contribution in [3.8, 4) is 5.75 Å². The van der Waals surface area contributed by atoms with Gasteiger partial charge >= 0.3 is 6.03 Å². The van der Waals surface area contributed by atoms with Gasteiger partial charge in [0.1, 0.15) is 11.9 Å². The van der Waals surface area contributed by atoms with Crippen LogP contribution in [0.5, 0.6) is 5.75 Å². The maximum atomic E-state index is 13.3. The smallest absolute Gasteiger partial charge is 0.324 e. The summed E-state index contributed by atoms with van der Waals surface area (Å²) in [5.41, 5.74) is 3.88. The summed E-state index contributed by atoms with van der Waals surface area (Å²) in [7, 11) is 0. The normalized spacial score (nSPS) is 18.9. The number of amides is 3. The summed E-state index contributed by atoms with van der Waals surface area (Å²) < 4.78 is 6.01. The number of nitrogens with one attached hydrogen (secondary N) is 1. The number of fused-ring (bicyclic) bond motifs is 1. The van der Waals surface area contributed by atoms with Crippen molar-refractivity contribution in [3.63, 3.8) is 0 Å². The highest BCUT2D eigenvalue weighted by Crippen LogP contribution is 2.35. The van der Waals surface area contributed by atoms with Crippen molar-refractivity contribution in [2.45, 2.75) is 46.1 Å². The van der Waals surface area contributed by atoms with Crippen LogP contribution in [0.25, 0.3) is 0 Å². The highest BCUT2D eigenvalue weighted by molar-refractivity contribution is 5.95. The summed E-state index contributed by atoms with van der Waals surface area (Å²) in [6.45, 7) is 7.81. The molecule has 6 heteroatoms. The van der Waals surface area contributed by atoms with Gasteiger partial charge in [0.05, 0.1) is 12.2 Å². The van der Waals surface area contributed by atoms with Crippen molar-refractivity contribution >= 4 is 23.3 Å². The van der Waals surface area contributed by atoms with E-state index in [-0.39, 0.29) is 24.0 Å². The molecule has 0 aliphatic carbocycles. The van der Waals surface area contributed by atoms with Crippen LogP contribution in [0, 0.1) is 19.8 Å². The Morgan fingerprint density at radius 3 is 2.58 bits per heavy atom. The first-order valence-corrected chi connectivity index (χ1v) is 11.2. The van der Waals surface area contributed by atoms with E-state index < -0.39 is 0 Å². The van der Waals surface area contributed by atoms with Gasteiger partial charge in [0, 0.05) is 24.7 Å². The largest absolute Gasteiger partial charge is 0.486 e. The zero-order chi connectivity index (χ0) is 22.0. The van der Waals surface area contributed by atoms with E-state index in [0.29, 0.717) is 32.5 Å². The molecule has 164 valence electrons. The number of para-hydroxylation sites is 2. The third-order valence-corrected chi connectivity index (χ3v) is 6.31. The molecule has 2 aromatic rings. The Hall–Kier alpha value is -3.02. The van der Waals surface area contributed by atoms with Crippen molar-refractivity contribution in [1.82, 2.24) is 4.90 Å². The number of aryl methyl sites for hydroxylation is 2. The molecule has 2 aromatic carbocycles. The number of nitrogens with zero attached hydrogens (tertiary/aromatic N) is 2. The summed E-state index contributed by atoms with van der Waals surface area (Å²) >= 11 is 0. The molecule has 2 aliphatic rings. The van der Waals surface area contributed by atoms with Crippen LogP contribution in [0.2, 0.25) is 0 Å². The van der Waals surface area contributed by atoms with E-state index in [0.717, 1.165) is 34.7 Å². The third-order valence-electron chi connectivity index (χ3n) is 6.31. The summed E-state index contributed by atoms with van der Waals surface area (Å²) in [4.78, 5) is 29.8. The maximum absolute atomic E-state index is 13.3. The number of urea groups is 1. The summed E-state index contributed by atoms with van der Waals surface area (Å²) in [6.07, 6.45) is 2.19. The number of anilines is 2. The van der Waals surface area contributed by atoms with E-state index in [4.69, 9.17) is 4.74 Å². The lowest BCUT2D eigenvalue weighted by molar-refractivity contribution is -0.121. The number of carbonyl (C=O) groups excluding carboxylic acids is 2. The Labute approximate surface area is 184 Å². The maximum Gasteiger partial charge on any atom is 0.324 e. The highest BCUT2D eigenvalue weighted by Gasteiger charge is 2.34. The van der Waals surface area contributed by atoms with Gasteiger partial charge in [-0.25, -0.2) is 4.79 Å². The average molecular weight is 422 g/mol. The fourth-order valence-corrected chi connectivity index (χ4v) is 4.30. The first-order valence-electron chi connectivity index (χ1n) is 11.2. The predicted octanol–water partition coefficient (Wildman–Crippen LogP) is 4.75. The fourth-order valence-electron chi connectivity index (χ4n) is 4.30. The number of benzene rings is 2. The summed E-state index contributed by atoms with van der Waals surface area (Å²) in [5.74, 6) is 0.727. The summed E-state index contributed by atoms with van der Waals surface area (Å²) in [6, 6.07) is 13.8. The molecule has 31 heavy (non-hydrogen) atoms. The molecule has 2 aliphatic heterocycles. The Morgan fingerprint density at radius 2 is 1.84 bits per heavy atom. The van der Waals surface area contributed by atoms with Crippen LogP contribution in [0.3, 0.4) is 0 Å². The highest BCUT2D eigenvalue weighted by atomic mass is 16.5. The molecule has 4 rings (SSSR count). The van der Waals surface area contributed by atoms with Gasteiger partial charge in [-0.1, -0.05) is 31.2 Å². The molecule has 6 nitrogen and oxygen atoms in total. The van der Waals surface area contributed by atoms with Crippen LogP contribution in [0.15, 0.2) is 42.5 Å². The molecule has 3 amide bonds. The lowest BCUT2D eigenvalue weighted by Gasteiger charge is -2.39. The van der Waals surface area contributed by atoms with Crippen molar-refractivity contribution in [2.24, 2.45) is 5.92 Å². The first-order chi connectivity index (χ1) is 15.0. The van der Waals surface area contributed by atoms with E-state index in [1.165, 1.54) is 0 Å². The minimum absolute atomic E-state index is 0.000245. The third kappa shape index (κ3) is 4.53. The van der Waals surface area contributed by atoms with Gasteiger partial charge in [-0.3, -0.25) is 9.69 Å². The first kappa shape index (κ1) is 21.2. The molecule has 1 saturated heterocycles. The Morgan fingerprint density at radius 1 is 1.10 bits per heavy atom. The van der Waals surface area contributed by atoms with Gasteiger partial charge in [-0.05, 0) is 62.4 Å². The van der Waals surface area contributed by atoms with Gasteiger partial charge in [0.15, 0.2) is 0 Å². The van der Waals surface area contributed by atoms with Crippen LogP contribution in [0.4, 0.5) is 16.2 Å². The number of hydrogen-bond donors (Lipinski definition) is 1. The average Bonchev–Trinajstić information content (AvgIpc) is 2.80. The molecule has 1 fully saturated rings. The molecular weight excluding hydrogens is 390 g/mol. The van der Waals surface area contributed by atoms with Gasteiger partial charge in [-0.2, -0.15) is 0 Å². The number of hydrogen-bond acceptors (Lipinski definition) is 3. The molecule has 2 heterocycles. The monoisotopic (exact) mass is 421 g/mol. The van der Waals surface area contributed by atoms with Crippen molar-refractivity contribution < 1.29 is 14.3 Å². The fraction of sp³-hybridized carbons (Fsp3) is 0.440. The van der Waals surface area contributed by atoms with Gasteiger partial charge < -0.3 is 15.0 Å². The lowest BCUT2D eigenvalue weighted by atomic mass is 9.95. The topological polar surface area (TPSA) is 61.9 Å². The SMILES string of the molecule is CC[C@H]1CN(C(=O)N2CCC(C(=O)Nc3cc(C)ccc3C)CC2)c2ccccc2O1.